The lowest BCUT2D eigenvalue weighted by Gasteiger charge is -2.10. The fourth-order valence-electron chi connectivity index (χ4n) is 2.23. The fraction of sp³-hybridized carbons (Fsp3) is 0.158. The Labute approximate surface area is 161 Å². The van der Waals surface area contributed by atoms with Crippen molar-refractivity contribution >= 4 is 23.4 Å². The van der Waals surface area contributed by atoms with Gasteiger partial charge in [0.05, 0.1) is 19.8 Å². The minimum Gasteiger partial charge on any atom is -0.467 e. The summed E-state index contributed by atoms with van der Waals surface area (Å²) in [4.78, 5) is 25.8. The molecule has 0 fully saturated rings. The molecule has 0 saturated heterocycles. The summed E-state index contributed by atoms with van der Waals surface area (Å²) in [6.07, 6.45) is 0. The molecular formula is C19H18N4O3S. The number of methoxy groups -OCH3 is 2. The molecule has 3 aromatic rings. The highest BCUT2D eigenvalue weighted by atomic mass is 32.2. The van der Waals surface area contributed by atoms with Crippen molar-refractivity contribution in [2.45, 2.75) is 17.0 Å². The number of benzene rings is 2. The van der Waals surface area contributed by atoms with Gasteiger partial charge in [-0.2, -0.15) is 9.97 Å². The van der Waals surface area contributed by atoms with E-state index in [4.69, 9.17) is 9.47 Å². The van der Waals surface area contributed by atoms with Crippen LogP contribution in [-0.2, 0) is 0 Å². The number of amides is 1. The summed E-state index contributed by atoms with van der Waals surface area (Å²) in [5.41, 5.74) is 2.37. The Kier molecular flexibility index (Phi) is 5.87. The monoisotopic (exact) mass is 382 g/mol. The van der Waals surface area contributed by atoms with Crippen LogP contribution in [0.3, 0.4) is 0 Å². The fourth-order valence-corrected chi connectivity index (χ4v) is 3.09. The van der Waals surface area contributed by atoms with Crippen molar-refractivity contribution in [3.05, 3.63) is 59.7 Å². The van der Waals surface area contributed by atoms with E-state index in [1.165, 1.54) is 26.0 Å². The molecular weight excluding hydrogens is 364 g/mol. The van der Waals surface area contributed by atoms with Crippen molar-refractivity contribution in [3.8, 4) is 12.0 Å². The number of nitrogens with one attached hydrogen (secondary N) is 1. The molecule has 8 heteroatoms. The molecule has 0 bridgehead atoms. The quantitative estimate of drug-likeness (QED) is 0.697. The van der Waals surface area contributed by atoms with Crippen LogP contribution in [0.15, 0.2) is 58.6 Å². The number of carbonyl (C=O) groups excluding carboxylic acids is 1. The Bertz CT molecular complexity index is 926. The van der Waals surface area contributed by atoms with Crippen LogP contribution in [0, 0.1) is 6.92 Å². The molecule has 0 atom stereocenters. The number of hydrogen-bond acceptors (Lipinski definition) is 7. The number of nitrogens with zero attached hydrogens (tertiary/aromatic N) is 3. The normalized spacial score (nSPS) is 10.3. The van der Waals surface area contributed by atoms with E-state index < -0.39 is 0 Å². The number of aromatic nitrogens is 3. The summed E-state index contributed by atoms with van der Waals surface area (Å²) >= 11 is 1.23. The molecule has 138 valence electrons. The number of anilines is 1. The van der Waals surface area contributed by atoms with Crippen molar-refractivity contribution in [2.75, 3.05) is 19.5 Å². The van der Waals surface area contributed by atoms with Gasteiger partial charge in [-0.05, 0) is 43.0 Å². The van der Waals surface area contributed by atoms with Crippen molar-refractivity contribution in [1.82, 2.24) is 15.0 Å². The Morgan fingerprint density at radius 1 is 0.926 bits per heavy atom. The highest BCUT2D eigenvalue weighted by Gasteiger charge is 2.15. The zero-order valence-electron chi connectivity index (χ0n) is 15.1. The van der Waals surface area contributed by atoms with Crippen LogP contribution in [0.5, 0.6) is 12.0 Å². The van der Waals surface area contributed by atoms with Gasteiger partial charge in [-0.3, -0.25) is 4.79 Å². The van der Waals surface area contributed by atoms with Crippen molar-refractivity contribution in [2.24, 2.45) is 0 Å². The molecule has 0 radical (unpaired) electrons. The summed E-state index contributed by atoms with van der Waals surface area (Å²) in [5.74, 6) is -0.213. The van der Waals surface area contributed by atoms with Crippen molar-refractivity contribution in [1.29, 1.82) is 0 Å². The minimum atomic E-state index is -0.213. The molecule has 2 aromatic carbocycles. The number of hydrogen-bond donors (Lipinski definition) is 1. The first-order valence-electron chi connectivity index (χ1n) is 8.08. The van der Waals surface area contributed by atoms with Gasteiger partial charge in [0.2, 0.25) is 5.16 Å². The first-order chi connectivity index (χ1) is 13.1. The molecule has 27 heavy (non-hydrogen) atoms. The Morgan fingerprint density at radius 3 is 2.19 bits per heavy atom. The smallest absolute Gasteiger partial charge is 0.323 e. The third-order valence-electron chi connectivity index (χ3n) is 3.58. The maximum Gasteiger partial charge on any atom is 0.323 e. The van der Waals surface area contributed by atoms with Crippen LogP contribution in [0.25, 0.3) is 0 Å². The zero-order valence-corrected chi connectivity index (χ0v) is 15.9. The summed E-state index contributed by atoms with van der Waals surface area (Å²) in [6, 6.07) is 15.1. The van der Waals surface area contributed by atoms with E-state index in [0.29, 0.717) is 15.6 Å². The second-order valence-corrected chi connectivity index (χ2v) is 6.52. The topological polar surface area (TPSA) is 86.2 Å². The predicted octanol–water partition coefficient (Wildman–Crippen LogP) is 3.60. The van der Waals surface area contributed by atoms with Gasteiger partial charge in [-0.1, -0.05) is 29.8 Å². The molecule has 0 aliphatic rings. The first kappa shape index (κ1) is 18.7. The van der Waals surface area contributed by atoms with Gasteiger partial charge >= 0.3 is 12.0 Å². The molecule has 7 nitrogen and oxygen atoms in total. The maximum absolute atomic E-state index is 12.7. The molecule has 1 N–H and O–H groups in total. The van der Waals surface area contributed by atoms with E-state index in [2.05, 4.69) is 20.3 Å². The van der Waals surface area contributed by atoms with Crippen LogP contribution >= 0.6 is 11.8 Å². The van der Waals surface area contributed by atoms with E-state index in [-0.39, 0.29) is 17.9 Å². The van der Waals surface area contributed by atoms with Gasteiger partial charge in [0, 0.05) is 10.6 Å². The van der Waals surface area contributed by atoms with Crippen LogP contribution in [0.4, 0.5) is 5.69 Å². The summed E-state index contributed by atoms with van der Waals surface area (Å²) in [7, 11) is 2.93. The SMILES string of the molecule is COc1nc(OC)nc(Sc2ccccc2C(=O)Nc2ccc(C)cc2)n1. The van der Waals surface area contributed by atoms with Gasteiger partial charge in [0.1, 0.15) is 0 Å². The van der Waals surface area contributed by atoms with Gasteiger partial charge in [-0.15, -0.1) is 4.98 Å². The molecule has 0 saturated carbocycles. The average Bonchev–Trinajstić information content (AvgIpc) is 2.69. The highest BCUT2D eigenvalue weighted by molar-refractivity contribution is 7.99. The second kappa shape index (κ2) is 8.50. The van der Waals surface area contributed by atoms with Gasteiger partial charge < -0.3 is 14.8 Å². The molecule has 0 unspecified atom stereocenters. The molecule has 1 amide bonds. The number of ether oxygens (including phenoxy) is 2. The Morgan fingerprint density at radius 2 is 1.56 bits per heavy atom. The number of rotatable bonds is 6. The van der Waals surface area contributed by atoms with Crippen LogP contribution < -0.4 is 14.8 Å². The van der Waals surface area contributed by atoms with E-state index in [9.17, 15) is 4.79 Å². The predicted molar refractivity (Wildman–Crippen MR) is 103 cm³/mol. The summed E-state index contributed by atoms with van der Waals surface area (Å²) in [5, 5.41) is 3.27. The zero-order chi connectivity index (χ0) is 19.2. The largest absolute Gasteiger partial charge is 0.467 e. The lowest BCUT2D eigenvalue weighted by Crippen LogP contribution is -2.13. The van der Waals surface area contributed by atoms with Gasteiger partial charge in [0.25, 0.3) is 5.91 Å². The minimum absolute atomic E-state index is 0.144. The molecule has 1 aromatic heterocycles. The Balaban J connectivity index is 1.85. The number of carbonyl (C=O) groups is 1. The Hall–Kier alpha value is -3.13. The molecule has 0 aliphatic carbocycles. The summed E-state index contributed by atoms with van der Waals surface area (Å²) < 4.78 is 10.1. The van der Waals surface area contributed by atoms with E-state index in [1.54, 1.807) is 6.07 Å². The molecule has 3 rings (SSSR count). The lowest BCUT2D eigenvalue weighted by molar-refractivity contribution is 0.102. The average molecular weight is 382 g/mol. The third kappa shape index (κ3) is 4.73. The van der Waals surface area contributed by atoms with E-state index >= 15 is 0 Å². The molecule has 1 heterocycles. The lowest BCUT2D eigenvalue weighted by atomic mass is 10.2. The van der Waals surface area contributed by atoms with Crippen LogP contribution in [0.1, 0.15) is 15.9 Å². The van der Waals surface area contributed by atoms with Crippen LogP contribution in [0.2, 0.25) is 0 Å². The third-order valence-corrected chi connectivity index (χ3v) is 4.52. The molecule has 0 spiro atoms. The van der Waals surface area contributed by atoms with Crippen molar-refractivity contribution in [3.63, 3.8) is 0 Å². The summed E-state index contributed by atoms with van der Waals surface area (Å²) in [6.45, 7) is 1.99. The highest BCUT2D eigenvalue weighted by Crippen LogP contribution is 2.30. The number of aryl methyl sites for hydroxylation is 1. The van der Waals surface area contributed by atoms with Gasteiger partial charge in [-0.25, -0.2) is 0 Å². The van der Waals surface area contributed by atoms with E-state index in [0.717, 1.165) is 11.3 Å². The van der Waals surface area contributed by atoms with Crippen molar-refractivity contribution < 1.29 is 14.3 Å². The van der Waals surface area contributed by atoms with E-state index in [1.807, 2.05) is 49.4 Å². The van der Waals surface area contributed by atoms with Gasteiger partial charge in [0.15, 0.2) is 0 Å². The molecule has 0 aliphatic heterocycles. The second-order valence-electron chi connectivity index (χ2n) is 5.51. The standard InChI is InChI=1S/C19H18N4O3S/c1-12-8-10-13(11-9-12)20-16(24)14-6-4-5-7-15(14)27-19-22-17(25-2)21-18(23-19)26-3/h4-11H,1-3H3,(H,20,24). The first-order valence-corrected chi connectivity index (χ1v) is 8.89. The maximum atomic E-state index is 12.7. The van der Waals surface area contributed by atoms with Crippen LogP contribution in [-0.4, -0.2) is 35.1 Å².